The van der Waals surface area contributed by atoms with Crippen LogP contribution in [-0.4, -0.2) is 22.6 Å². The zero-order chi connectivity index (χ0) is 9.10. The molecule has 2 nitrogen and oxygen atoms in total. The highest BCUT2D eigenvalue weighted by atomic mass is 15.2. The van der Waals surface area contributed by atoms with Gasteiger partial charge in [-0.2, -0.15) is 0 Å². The molecule has 0 N–H and O–H groups in total. The molecule has 0 radical (unpaired) electrons. The van der Waals surface area contributed by atoms with Crippen LogP contribution in [0.25, 0.3) is 0 Å². The second-order valence-corrected chi connectivity index (χ2v) is 3.50. The SMILES string of the molecule is CC=CCN1CCn2cccc2C1. The summed E-state index contributed by atoms with van der Waals surface area (Å²) >= 11 is 0. The molecule has 2 heteroatoms. The van der Waals surface area contributed by atoms with E-state index in [0.717, 1.165) is 19.6 Å². The predicted octanol–water partition coefficient (Wildman–Crippen LogP) is 1.88. The normalized spacial score (nSPS) is 17.9. The highest BCUT2D eigenvalue weighted by Gasteiger charge is 2.12. The second kappa shape index (κ2) is 3.79. The molecule has 0 aliphatic carbocycles. The molecule has 0 saturated carbocycles. The number of allylic oxidation sites excluding steroid dienone is 1. The number of aromatic nitrogens is 1. The Kier molecular flexibility index (Phi) is 2.50. The third kappa shape index (κ3) is 1.83. The van der Waals surface area contributed by atoms with Crippen LogP contribution < -0.4 is 0 Å². The van der Waals surface area contributed by atoms with E-state index < -0.39 is 0 Å². The maximum atomic E-state index is 2.47. The van der Waals surface area contributed by atoms with Crippen LogP contribution in [0.3, 0.4) is 0 Å². The molecule has 0 saturated heterocycles. The molecule has 1 aromatic heterocycles. The predicted molar refractivity (Wildman–Crippen MR) is 54.5 cm³/mol. The average Bonchev–Trinajstić information content (AvgIpc) is 2.61. The second-order valence-electron chi connectivity index (χ2n) is 3.50. The first-order valence-corrected chi connectivity index (χ1v) is 4.87. The number of fused-ring (bicyclic) bond motifs is 1. The van der Waals surface area contributed by atoms with Crippen LogP contribution in [0.2, 0.25) is 0 Å². The highest BCUT2D eigenvalue weighted by Crippen LogP contribution is 2.12. The zero-order valence-corrected chi connectivity index (χ0v) is 8.11. The van der Waals surface area contributed by atoms with Gasteiger partial charge in [-0.05, 0) is 19.1 Å². The van der Waals surface area contributed by atoms with Gasteiger partial charge in [0.2, 0.25) is 0 Å². The van der Waals surface area contributed by atoms with Crippen molar-refractivity contribution in [3.8, 4) is 0 Å². The van der Waals surface area contributed by atoms with Gasteiger partial charge in [0.15, 0.2) is 0 Å². The molecular weight excluding hydrogens is 160 g/mol. The van der Waals surface area contributed by atoms with Gasteiger partial charge in [-0.25, -0.2) is 0 Å². The first-order valence-electron chi connectivity index (χ1n) is 4.87. The number of rotatable bonds is 2. The Labute approximate surface area is 79.5 Å². The topological polar surface area (TPSA) is 8.17 Å². The summed E-state index contributed by atoms with van der Waals surface area (Å²) in [4.78, 5) is 2.47. The van der Waals surface area contributed by atoms with E-state index in [9.17, 15) is 0 Å². The molecule has 0 unspecified atom stereocenters. The van der Waals surface area contributed by atoms with Gasteiger partial charge in [0, 0.05) is 38.1 Å². The summed E-state index contributed by atoms with van der Waals surface area (Å²) in [6, 6.07) is 4.34. The third-order valence-corrected chi connectivity index (χ3v) is 2.57. The third-order valence-electron chi connectivity index (χ3n) is 2.57. The Balaban J connectivity index is 2.00. The zero-order valence-electron chi connectivity index (χ0n) is 8.11. The van der Waals surface area contributed by atoms with E-state index in [1.165, 1.54) is 12.2 Å². The minimum absolute atomic E-state index is 1.08. The molecule has 0 fully saturated rings. The number of hydrogen-bond donors (Lipinski definition) is 0. The van der Waals surface area contributed by atoms with Gasteiger partial charge in [-0.15, -0.1) is 0 Å². The van der Waals surface area contributed by atoms with Crippen molar-refractivity contribution in [2.45, 2.75) is 20.0 Å². The van der Waals surface area contributed by atoms with Crippen molar-refractivity contribution < 1.29 is 0 Å². The standard InChI is InChI=1S/C11H16N2/c1-2-3-6-12-8-9-13-7-4-5-11(13)10-12/h2-5,7H,6,8-10H2,1H3. The van der Waals surface area contributed by atoms with Gasteiger partial charge in [-0.3, -0.25) is 4.90 Å². The van der Waals surface area contributed by atoms with Gasteiger partial charge >= 0.3 is 0 Å². The first-order chi connectivity index (χ1) is 6.40. The van der Waals surface area contributed by atoms with Crippen molar-refractivity contribution in [2.24, 2.45) is 0 Å². The van der Waals surface area contributed by atoms with Crippen LogP contribution in [0.5, 0.6) is 0 Å². The summed E-state index contributed by atoms with van der Waals surface area (Å²) in [5.74, 6) is 0. The lowest BCUT2D eigenvalue weighted by Gasteiger charge is -2.27. The lowest BCUT2D eigenvalue weighted by molar-refractivity contribution is 0.244. The lowest BCUT2D eigenvalue weighted by atomic mass is 10.3. The fraction of sp³-hybridized carbons (Fsp3) is 0.455. The van der Waals surface area contributed by atoms with Crippen molar-refractivity contribution in [3.63, 3.8) is 0 Å². The van der Waals surface area contributed by atoms with Gasteiger partial charge < -0.3 is 4.57 Å². The summed E-state index contributed by atoms with van der Waals surface area (Å²) in [7, 11) is 0. The van der Waals surface area contributed by atoms with Crippen LogP contribution in [0.1, 0.15) is 12.6 Å². The smallest absolute Gasteiger partial charge is 0.0391 e. The van der Waals surface area contributed by atoms with Crippen molar-refractivity contribution in [3.05, 3.63) is 36.2 Å². The summed E-state index contributed by atoms with van der Waals surface area (Å²) in [5, 5.41) is 0. The maximum Gasteiger partial charge on any atom is 0.0391 e. The van der Waals surface area contributed by atoms with Gasteiger partial charge in [0.25, 0.3) is 0 Å². The molecule has 1 aromatic rings. The van der Waals surface area contributed by atoms with Crippen LogP contribution in [0, 0.1) is 0 Å². The molecule has 0 amide bonds. The van der Waals surface area contributed by atoms with E-state index in [1.807, 2.05) is 0 Å². The van der Waals surface area contributed by atoms with E-state index in [4.69, 9.17) is 0 Å². The molecule has 0 atom stereocenters. The molecule has 1 aliphatic heterocycles. The monoisotopic (exact) mass is 176 g/mol. The molecule has 13 heavy (non-hydrogen) atoms. The van der Waals surface area contributed by atoms with Crippen molar-refractivity contribution in [1.82, 2.24) is 9.47 Å². The Morgan fingerprint density at radius 1 is 1.46 bits per heavy atom. The molecule has 2 rings (SSSR count). The van der Waals surface area contributed by atoms with E-state index in [0.29, 0.717) is 0 Å². The number of hydrogen-bond acceptors (Lipinski definition) is 1. The summed E-state index contributed by atoms with van der Waals surface area (Å²) in [6.45, 7) is 6.57. The van der Waals surface area contributed by atoms with Crippen molar-refractivity contribution in [2.75, 3.05) is 13.1 Å². The maximum absolute atomic E-state index is 2.47. The molecule has 0 aromatic carbocycles. The quantitative estimate of drug-likeness (QED) is 0.625. The first kappa shape index (κ1) is 8.57. The Bertz CT molecular complexity index is 299. The van der Waals surface area contributed by atoms with Gasteiger partial charge in [-0.1, -0.05) is 12.2 Å². The van der Waals surface area contributed by atoms with Gasteiger partial charge in [0.05, 0.1) is 0 Å². The largest absolute Gasteiger partial charge is 0.349 e. The molecule has 0 spiro atoms. The highest BCUT2D eigenvalue weighted by molar-refractivity contribution is 5.09. The fourth-order valence-corrected chi connectivity index (χ4v) is 1.78. The minimum Gasteiger partial charge on any atom is -0.349 e. The van der Waals surface area contributed by atoms with Crippen molar-refractivity contribution >= 4 is 0 Å². The average molecular weight is 176 g/mol. The molecule has 1 aliphatic rings. The van der Waals surface area contributed by atoms with E-state index in [1.54, 1.807) is 0 Å². The molecule has 70 valence electrons. The lowest BCUT2D eigenvalue weighted by Crippen LogP contribution is -2.33. The Morgan fingerprint density at radius 2 is 2.38 bits per heavy atom. The fourth-order valence-electron chi connectivity index (χ4n) is 1.78. The Hall–Kier alpha value is -1.02. The molecule has 2 heterocycles. The van der Waals surface area contributed by atoms with Crippen LogP contribution in [0.4, 0.5) is 0 Å². The van der Waals surface area contributed by atoms with E-state index >= 15 is 0 Å². The Morgan fingerprint density at radius 3 is 3.23 bits per heavy atom. The molecule has 0 bridgehead atoms. The van der Waals surface area contributed by atoms with Crippen LogP contribution >= 0.6 is 0 Å². The van der Waals surface area contributed by atoms with E-state index in [2.05, 4.69) is 46.9 Å². The van der Waals surface area contributed by atoms with E-state index in [-0.39, 0.29) is 0 Å². The van der Waals surface area contributed by atoms with Crippen LogP contribution in [0.15, 0.2) is 30.5 Å². The summed E-state index contributed by atoms with van der Waals surface area (Å²) in [6.07, 6.45) is 6.51. The minimum atomic E-state index is 1.08. The summed E-state index contributed by atoms with van der Waals surface area (Å²) < 4.78 is 2.34. The van der Waals surface area contributed by atoms with Crippen LogP contribution in [-0.2, 0) is 13.1 Å². The molecular formula is C11H16N2. The van der Waals surface area contributed by atoms with Gasteiger partial charge in [0.1, 0.15) is 0 Å². The number of nitrogens with zero attached hydrogens (tertiary/aromatic N) is 2. The van der Waals surface area contributed by atoms with Crippen molar-refractivity contribution in [1.29, 1.82) is 0 Å². The summed E-state index contributed by atoms with van der Waals surface area (Å²) in [5.41, 5.74) is 1.44.